The van der Waals surface area contributed by atoms with Gasteiger partial charge in [-0.1, -0.05) is 0 Å². The molecule has 3 N–H and O–H groups in total. The van der Waals surface area contributed by atoms with Gasteiger partial charge in [0.05, 0.1) is 6.20 Å². The minimum absolute atomic E-state index is 0.203. The average molecular weight is 183 g/mol. The van der Waals surface area contributed by atoms with E-state index in [1.54, 1.807) is 10.9 Å². The molecule has 1 amide bonds. The number of hydrogen-bond donors (Lipinski definition) is 2. The van der Waals surface area contributed by atoms with Crippen molar-refractivity contribution in [3.05, 3.63) is 18.0 Å². The van der Waals surface area contributed by atoms with Crippen molar-refractivity contribution in [3.63, 3.8) is 0 Å². The number of primary amides is 1. The second-order valence-corrected chi connectivity index (χ2v) is 3.15. The fourth-order valence-electron chi connectivity index (χ4n) is 0.941. The van der Waals surface area contributed by atoms with Gasteiger partial charge in [0.25, 0.3) is 5.91 Å². The van der Waals surface area contributed by atoms with Gasteiger partial charge in [-0.3, -0.25) is 9.48 Å². The van der Waals surface area contributed by atoms with E-state index >= 15 is 0 Å². The Bertz CT molecular complexity index is 306. The van der Waals surface area contributed by atoms with E-state index in [0.717, 1.165) is 0 Å². The van der Waals surface area contributed by atoms with E-state index in [9.17, 15) is 9.90 Å². The molecule has 1 aromatic rings. The molecule has 0 aliphatic carbocycles. The molecule has 0 spiro atoms. The number of carbonyl (C=O) groups excluding carboxylic acids is 1. The van der Waals surface area contributed by atoms with E-state index in [1.807, 2.05) is 13.8 Å². The van der Waals surface area contributed by atoms with Gasteiger partial charge in [0.2, 0.25) is 0 Å². The van der Waals surface area contributed by atoms with E-state index in [2.05, 4.69) is 5.10 Å². The molecule has 0 radical (unpaired) electrons. The third-order valence-corrected chi connectivity index (χ3v) is 1.74. The minimum Gasteiger partial charge on any atom is -0.378 e. The molecule has 13 heavy (non-hydrogen) atoms. The summed E-state index contributed by atoms with van der Waals surface area (Å²) in [7, 11) is 0. The van der Waals surface area contributed by atoms with Crippen LogP contribution in [-0.4, -0.2) is 20.8 Å². The third-order valence-electron chi connectivity index (χ3n) is 1.74. The minimum atomic E-state index is -1.26. The summed E-state index contributed by atoms with van der Waals surface area (Å²) >= 11 is 0. The first-order chi connectivity index (χ1) is 6.02. The lowest BCUT2D eigenvalue weighted by Gasteiger charge is -2.04. The molecular weight excluding hydrogens is 170 g/mol. The van der Waals surface area contributed by atoms with Gasteiger partial charge in [-0.2, -0.15) is 5.10 Å². The molecule has 72 valence electrons. The van der Waals surface area contributed by atoms with E-state index in [1.165, 1.54) is 6.20 Å². The lowest BCUT2D eigenvalue weighted by molar-refractivity contribution is -0.126. The summed E-state index contributed by atoms with van der Waals surface area (Å²) < 4.78 is 1.65. The highest BCUT2D eigenvalue weighted by Crippen LogP contribution is 2.13. The number of amides is 1. The van der Waals surface area contributed by atoms with Crippen molar-refractivity contribution in [2.45, 2.75) is 26.0 Å². The quantitative estimate of drug-likeness (QED) is 0.691. The van der Waals surface area contributed by atoms with Crippen molar-refractivity contribution >= 4 is 5.91 Å². The molecule has 0 bridgehead atoms. The predicted molar refractivity (Wildman–Crippen MR) is 46.8 cm³/mol. The van der Waals surface area contributed by atoms with Crippen molar-refractivity contribution in [2.75, 3.05) is 0 Å². The van der Waals surface area contributed by atoms with Crippen LogP contribution in [0.15, 0.2) is 12.4 Å². The predicted octanol–water partition coefficient (Wildman–Crippen LogP) is -0.0173. The number of aromatic nitrogens is 2. The van der Waals surface area contributed by atoms with E-state index in [0.29, 0.717) is 5.56 Å². The first-order valence-electron chi connectivity index (χ1n) is 4.03. The van der Waals surface area contributed by atoms with Crippen LogP contribution in [0.25, 0.3) is 0 Å². The summed E-state index contributed by atoms with van der Waals surface area (Å²) in [6.45, 7) is 3.90. The summed E-state index contributed by atoms with van der Waals surface area (Å²) in [6.07, 6.45) is 1.79. The fraction of sp³-hybridized carbons (Fsp3) is 0.500. The maximum Gasteiger partial charge on any atom is 0.251 e. The van der Waals surface area contributed by atoms with Crippen molar-refractivity contribution in [2.24, 2.45) is 5.73 Å². The number of nitrogens with zero attached hydrogens (tertiary/aromatic N) is 2. The number of nitrogens with two attached hydrogens (primary N) is 1. The van der Waals surface area contributed by atoms with Gasteiger partial charge < -0.3 is 10.8 Å². The zero-order valence-corrected chi connectivity index (χ0v) is 7.64. The van der Waals surface area contributed by atoms with Crippen molar-refractivity contribution in [3.8, 4) is 0 Å². The summed E-state index contributed by atoms with van der Waals surface area (Å²) in [6, 6.07) is 0.203. The van der Waals surface area contributed by atoms with E-state index in [-0.39, 0.29) is 6.04 Å². The standard InChI is InChI=1S/C8H13N3O2/c1-5(2)11-4-6(3-10-11)7(12)8(9)13/h3-5,7,12H,1-2H3,(H2,9,13). The number of aliphatic hydroxyl groups excluding tert-OH is 1. The van der Waals surface area contributed by atoms with Crippen molar-refractivity contribution < 1.29 is 9.90 Å². The first-order valence-corrected chi connectivity index (χ1v) is 4.03. The highest BCUT2D eigenvalue weighted by atomic mass is 16.3. The molecule has 1 heterocycles. The number of hydrogen-bond acceptors (Lipinski definition) is 3. The second kappa shape index (κ2) is 3.57. The maximum absolute atomic E-state index is 10.6. The maximum atomic E-state index is 10.6. The van der Waals surface area contributed by atoms with Gasteiger partial charge in [-0.05, 0) is 13.8 Å². The van der Waals surface area contributed by atoms with E-state index in [4.69, 9.17) is 5.73 Å². The first kappa shape index (κ1) is 9.73. The van der Waals surface area contributed by atoms with Crippen LogP contribution in [0.4, 0.5) is 0 Å². The van der Waals surface area contributed by atoms with Gasteiger partial charge in [-0.25, -0.2) is 0 Å². The highest BCUT2D eigenvalue weighted by molar-refractivity contribution is 5.79. The summed E-state index contributed by atoms with van der Waals surface area (Å²) in [5.74, 6) is -0.761. The van der Waals surface area contributed by atoms with Crippen LogP contribution in [0, 0.1) is 0 Å². The zero-order chi connectivity index (χ0) is 10.0. The normalized spacial score (nSPS) is 13.2. The zero-order valence-electron chi connectivity index (χ0n) is 7.64. The van der Waals surface area contributed by atoms with Gasteiger partial charge in [-0.15, -0.1) is 0 Å². The Hall–Kier alpha value is -1.36. The summed E-state index contributed by atoms with van der Waals surface area (Å²) in [5, 5.41) is 13.2. The van der Waals surface area contributed by atoms with Gasteiger partial charge >= 0.3 is 0 Å². The Morgan fingerprint density at radius 2 is 2.31 bits per heavy atom. The lowest BCUT2D eigenvalue weighted by Crippen LogP contribution is -2.20. The fourth-order valence-corrected chi connectivity index (χ4v) is 0.941. The monoisotopic (exact) mass is 183 g/mol. The van der Waals surface area contributed by atoms with Crippen molar-refractivity contribution in [1.29, 1.82) is 0 Å². The summed E-state index contributed by atoms with van der Waals surface area (Å²) in [4.78, 5) is 10.6. The smallest absolute Gasteiger partial charge is 0.251 e. The Morgan fingerprint density at radius 1 is 1.69 bits per heavy atom. The molecule has 1 rings (SSSR count). The molecule has 0 aliphatic rings. The number of rotatable bonds is 3. The molecule has 0 saturated heterocycles. The Morgan fingerprint density at radius 3 is 2.69 bits per heavy atom. The molecule has 5 nitrogen and oxygen atoms in total. The third kappa shape index (κ3) is 2.06. The highest BCUT2D eigenvalue weighted by Gasteiger charge is 2.15. The Labute approximate surface area is 76.2 Å². The second-order valence-electron chi connectivity index (χ2n) is 3.15. The van der Waals surface area contributed by atoms with E-state index < -0.39 is 12.0 Å². The number of aliphatic hydroxyl groups is 1. The number of carbonyl (C=O) groups is 1. The molecule has 1 aromatic heterocycles. The van der Waals surface area contributed by atoms with Crippen LogP contribution < -0.4 is 5.73 Å². The van der Waals surface area contributed by atoms with Crippen LogP contribution in [0.1, 0.15) is 31.6 Å². The molecule has 0 fully saturated rings. The molecule has 0 aromatic carbocycles. The Kier molecular flexibility index (Phi) is 2.67. The average Bonchev–Trinajstić information content (AvgIpc) is 2.50. The largest absolute Gasteiger partial charge is 0.378 e. The van der Waals surface area contributed by atoms with Crippen LogP contribution in [0.2, 0.25) is 0 Å². The van der Waals surface area contributed by atoms with Crippen LogP contribution in [-0.2, 0) is 4.79 Å². The lowest BCUT2D eigenvalue weighted by atomic mass is 10.2. The van der Waals surface area contributed by atoms with Crippen LogP contribution >= 0.6 is 0 Å². The SMILES string of the molecule is CC(C)n1cc(C(O)C(N)=O)cn1. The molecule has 0 saturated carbocycles. The van der Waals surface area contributed by atoms with Crippen molar-refractivity contribution in [1.82, 2.24) is 9.78 Å². The molecule has 0 aliphatic heterocycles. The topological polar surface area (TPSA) is 81.1 Å². The van der Waals surface area contributed by atoms with Crippen LogP contribution in [0.3, 0.4) is 0 Å². The molecule has 1 atom stereocenters. The van der Waals surface area contributed by atoms with Gasteiger partial charge in [0, 0.05) is 17.8 Å². The Balaban J connectivity index is 2.85. The van der Waals surface area contributed by atoms with Gasteiger partial charge in [0.1, 0.15) is 0 Å². The van der Waals surface area contributed by atoms with Gasteiger partial charge in [0.15, 0.2) is 6.10 Å². The molecular formula is C8H13N3O2. The molecule has 1 unspecified atom stereocenters. The summed E-state index contributed by atoms with van der Waals surface area (Å²) in [5.41, 5.74) is 5.36. The van der Waals surface area contributed by atoms with Crippen LogP contribution in [0.5, 0.6) is 0 Å². The molecule has 5 heteroatoms.